The summed E-state index contributed by atoms with van der Waals surface area (Å²) < 4.78 is 0. The SMILES string of the molecule is CC(N)C[C@H]1CCN(C(=O)O)C1. The number of hydrogen-bond donors (Lipinski definition) is 2. The second kappa shape index (κ2) is 3.76. The van der Waals surface area contributed by atoms with Gasteiger partial charge in [-0.15, -0.1) is 0 Å². The summed E-state index contributed by atoms with van der Waals surface area (Å²) in [7, 11) is 0. The standard InChI is InChI=1S/C8H16N2O2/c1-6(9)4-7-2-3-10(5-7)8(11)12/h6-7H,2-5,9H2,1H3,(H,11,12)/t6?,7-/m1/s1. The molecule has 4 heteroatoms. The van der Waals surface area contributed by atoms with Crippen LogP contribution in [0.15, 0.2) is 0 Å². The Hall–Kier alpha value is -0.770. The fraction of sp³-hybridized carbons (Fsp3) is 0.875. The van der Waals surface area contributed by atoms with Crippen LogP contribution in [0.2, 0.25) is 0 Å². The van der Waals surface area contributed by atoms with Crippen molar-refractivity contribution >= 4 is 6.09 Å². The number of carboxylic acid groups (broad SMARTS) is 1. The van der Waals surface area contributed by atoms with E-state index >= 15 is 0 Å². The minimum absolute atomic E-state index is 0.184. The molecular weight excluding hydrogens is 156 g/mol. The molecule has 1 aliphatic heterocycles. The van der Waals surface area contributed by atoms with Crippen LogP contribution in [0.4, 0.5) is 4.79 Å². The molecule has 0 aromatic heterocycles. The van der Waals surface area contributed by atoms with Gasteiger partial charge in [-0.1, -0.05) is 0 Å². The maximum atomic E-state index is 10.5. The molecule has 0 aliphatic carbocycles. The van der Waals surface area contributed by atoms with Crippen LogP contribution in [0.5, 0.6) is 0 Å². The lowest BCUT2D eigenvalue weighted by molar-refractivity contribution is 0.153. The van der Waals surface area contributed by atoms with E-state index in [2.05, 4.69) is 0 Å². The lowest BCUT2D eigenvalue weighted by Crippen LogP contribution is -2.28. The van der Waals surface area contributed by atoms with Crippen molar-refractivity contribution < 1.29 is 9.90 Å². The van der Waals surface area contributed by atoms with Crippen LogP contribution in [0.25, 0.3) is 0 Å². The average molecular weight is 172 g/mol. The number of nitrogens with two attached hydrogens (primary N) is 1. The smallest absolute Gasteiger partial charge is 0.407 e. The van der Waals surface area contributed by atoms with Gasteiger partial charge in [-0.2, -0.15) is 0 Å². The van der Waals surface area contributed by atoms with Gasteiger partial charge in [0, 0.05) is 19.1 Å². The second-order valence-electron chi connectivity index (χ2n) is 3.60. The molecule has 12 heavy (non-hydrogen) atoms. The lowest BCUT2D eigenvalue weighted by Gasteiger charge is -2.13. The third kappa shape index (κ3) is 2.37. The predicted octanol–water partition coefficient (Wildman–Crippen LogP) is 0.724. The van der Waals surface area contributed by atoms with Crippen molar-refractivity contribution in [1.82, 2.24) is 4.90 Å². The van der Waals surface area contributed by atoms with E-state index in [-0.39, 0.29) is 6.04 Å². The van der Waals surface area contributed by atoms with Crippen molar-refractivity contribution in [2.45, 2.75) is 25.8 Å². The first kappa shape index (κ1) is 9.32. The summed E-state index contributed by atoms with van der Waals surface area (Å²) >= 11 is 0. The summed E-state index contributed by atoms with van der Waals surface area (Å²) in [6.07, 6.45) is 1.10. The number of carbonyl (C=O) groups is 1. The molecule has 1 rings (SSSR count). The molecule has 0 aromatic rings. The molecule has 1 amide bonds. The molecule has 0 radical (unpaired) electrons. The molecule has 0 spiro atoms. The highest BCUT2D eigenvalue weighted by molar-refractivity contribution is 5.65. The van der Waals surface area contributed by atoms with Crippen molar-refractivity contribution in [3.63, 3.8) is 0 Å². The zero-order valence-electron chi connectivity index (χ0n) is 7.36. The Kier molecular flexibility index (Phi) is 2.92. The van der Waals surface area contributed by atoms with E-state index in [0.29, 0.717) is 19.0 Å². The Morgan fingerprint density at radius 1 is 1.83 bits per heavy atom. The van der Waals surface area contributed by atoms with Crippen LogP contribution in [-0.4, -0.2) is 35.2 Å². The first-order chi connectivity index (χ1) is 5.59. The first-order valence-corrected chi connectivity index (χ1v) is 4.33. The third-order valence-corrected chi connectivity index (χ3v) is 2.26. The van der Waals surface area contributed by atoms with Crippen LogP contribution in [0.3, 0.4) is 0 Å². The van der Waals surface area contributed by atoms with E-state index < -0.39 is 6.09 Å². The van der Waals surface area contributed by atoms with Gasteiger partial charge >= 0.3 is 6.09 Å². The van der Waals surface area contributed by atoms with E-state index in [1.807, 2.05) is 6.92 Å². The Bertz CT molecular complexity index is 170. The molecule has 4 nitrogen and oxygen atoms in total. The van der Waals surface area contributed by atoms with Crippen LogP contribution in [0, 0.1) is 5.92 Å². The molecule has 0 aromatic carbocycles. The monoisotopic (exact) mass is 172 g/mol. The van der Waals surface area contributed by atoms with Crippen molar-refractivity contribution in [1.29, 1.82) is 0 Å². The zero-order chi connectivity index (χ0) is 9.14. The molecular formula is C8H16N2O2. The minimum atomic E-state index is -0.804. The molecule has 1 aliphatic rings. The van der Waals surface area contributed by atoms with Crippen molar-refractivity contribution in [2.75, 3.05) is 13.1 Å². The fourth-order valence-electron chi connectivity index (χ4n) is 1.72. The maximum Gasteiger partial charge on any atom is 0.407 e. The molecule has 0 saturated carbocycles. The summed E-state index contributed by atoms with van der Waals surface area (Å²) in [5.74, 6) is 0.473. The predicted molar refractivity (Wildman–Crippen MR) is 46.0 cm³/mol. The summed E-state index contributed by atoms with van der Waals surface area (Å²) in [6.45, 7) is 3.30. The summed E-state index contributed by atoms with van der Waals surface area (Å²) in [6, 6.07) is 0.184. The van der Waals surface area contributed by atoms with Gasteiger partial charge in [0.25, 0.3) is 0 Å². The van der Waals surface area contributed by atoms with Crippen LogP contribution in [-0.2, 0) is 0 Å². The summed E-state index contributed by atoms with van der Waals surface area (Å²) in [5, 5.41) is 8.66. The van der Waals surface area contributed by atoms with Gasteiger partial charge in [-0.05, 0) is 25.7 Å². The number of amides is 1. The lowest BCUT2D eigenvalue weighted by atomic mass is 10.0. The molecule has 3 N–H and O–H groups in total. The van der Waals surface area contributed by atoms with E-state index in [4.69, 9.17) is 10.8 Å². The second-order valence-corrected chi connectivity index (χ2v) is 3.60. The molecule has 1 saturated heterocycles. The average Bonchev–Trinajstić information content (AvgIpc) is 2.34. The number of rotatable bonds is 2. The molecule has 0 bridgehead atoms. The van der Waals surface area contributed by atoms with Gasteiger partial charge in [-0.25, -0.2) is 4.79 Å². The minimum Gasteiger partial charge on any atom is -0.465 e. The fourth-order valence-corrected chi connectivity index (χ4v) is 1.72. The van der Waals surface area contributed by atoms with Crippen molar-refractivity contribution in [3.8, 4) is 0 Å². The highest BCUT2D eigenvalue weighted by Gasteiger charge is 2.25. The highest BCUT2D eigenvalue weighted by atomic mass is 16.4. The maximum absolute atomic E-state index is 10.5. The van der Waals surface area contributed by atoms with Gasteiger partial charge in [0.1, 0.15) is 0 Å². The Balaban J connectivity index is 2.30. The molecule has 1 fully saturated rings. The molecule has 1 unspecified atom stereocenters. The van der Waals surface area contributed by atoms with Gasteiger partial charge in [0.05, 0.1) is 0 Å². The van der Waals surface area contributed by atoms with Crippen LogP contribution < -0.4 is 5.73 Å². The third-order valence-electron chi connectivity index (χ3n) is 2.26. The van der Waals surface area contributed by atoms with E-state index in [1.165, 1.54) is 4.90 Å². The topological polar surface area (TPSA) is 66.6 Å². The van der Waals surface area contributed by atoms with E-state index in [9.17, 15) is 4.79 Å². The number of likely N-dealkylation sites (tertiary alicyclic amines) is 1. The van der Waals surface area contributed by atoms with E-state index in [1.54, 1.807) is 0 Å². The Morgan fingerprint density at radius 3 is 2.92 bits per heavy atom. The molecule has 1 heterocycles. The van der Waals surface area contributed by atoms with Gasteiger partial charge in [0.15, 0.2) is 0 Å². The highest BCUT2D eigenvalue weighted by Crippen LogP contribution is 2.20. The quantitative estimate of drug-likeness (QED) is 0.645. The van der Waals surface area contributed by atoms with Gasteiger partial charge < -0.3 is 15.7 Å². The van der Waals surface area contributed by atoms with E-state index in [0.717, 1.165) is 12.8 Å². The largest absolute Gasteiger partial charge is 0.465 e. The number of nitrogens with zero attached hydrogens (tertiary/aromatic N) is 1. The number of hydrogen-bond acceptors (Lipinski definition) is 2. The van der Waals surface area contributed by atoms with Gasteiger partial charge in [0.2, 0.25) is 0 Å². The van der Waals surface area contributed by atoms with Crippen molar-refractivity contribution in [2.24, 2.45) is 11.7 Å². The van der Waals surface area contributed by atoms with Crippen LogP contribution >= 0.6 is 0 Å². The summed E-state index contributed by atoms with van der Waals surface area (Å²) in [4.78, 5) is 12.0. The molecule has 2 atom stereocenters. The first-order valence-electron chi connectivity index (χ1n) is 4.33. The normalized spacial score (nSPS) is 25.8. The summed E-state index contributed by atoms with van der Waals surface area (Å²) in [5.41, 5.74) is 5.63. The zero-order valence-corrected chi connectivity index (χ0v) is 7.36. The van der Waals surface area contributed by atoms with Crippen molar-refractivity contribution in [3.05, 3.63) is 0 Å². The Morgan fingerprint density at radius 2 is 2.50 bits per heavy atom. The Labute approximate surface area is 72.3 Å². The van der Waals surface area contributed by atoms with Gasteiger partial charge in [-0.3, -0.25) is 0 Å². The molecule has 70 valence electrons. The van der Waals surface area contributed by atoms with Crippen LogP contribution in [0.1, 0.15) is 19.8 Å².